The molecular weight excluding hydrogens is 402 g/mol. The van der Waals surface area contributed by atoms with Crippen molar-refractivity contribution in [1.29, 1.82) is 0 Å². The van der Waals surface area contributed by atoms with E-state index in [1.807, 2.05) is 28.8 Å². The molecule has 1 aromatic heterocycles. The van der Waals surface area contributed by atoms with Gasteiger partial charge in [0.2, 0.25) is 5.69 Å². The third-order valence-electron chi connectivity index (χ3n) is 7.89. The number of piperidine rings is 1. The first-order chi connectivity index (χ1) is 15.7. The molecule has 32 heavy (non-hydrogen) atoms. The Kier molecular flexibility index (Phi) is 6.31. The summed E-state index contributed by atoms with van der Waals surface area (Å²) in [5, 5.41) is 0. The van der Waals surface area contributed by atoms with Crippen LogP contribution < -0.4 is 5.56 Å². The summed E-state index contributed by atoms with van der Waals surface area (Å²) in [5.41, 5.74) is 1.13. The molecule has 3 atom stereocenters. The van der Waals surface area contributed by atoms with Gasteiger partial charge < -0.3 is 9.30 Å². The molecule has 1 aliphatic carbocycles. The summed E-state index contributed by atoms with van der Waals surface area (Å²) < 4.78 is 7.02. The second kappa shape index (κ2) is 9.34. The molecule has 0 radical (unpaired) electrons. The summed E-state index contributed by atoms with van der Waals surface area (Å²) in [4.78, 5) is 33.2. The van der Waals surface area contributed by atoms with Gasteiger partial charge in [-0.05, 0) is 57.6 Å². The number of ether oxygens (including phenoxy) is 1. The predicted molar refractivity (Wildman–Crippen MR) is 125 cm³/mol. The molecule has 172 valence electrons. The summed E-state index contributed by atoms with van der Waals surface area (Å²) in [7, 11) is 0. The van der Waals surface area contributed by atoms with Crippen molar-refractivity contribution in [3.63, 3.8) is 0 Å². The summed E-state index contributed by atoms with van der Waals surface area (Å²) >= 11 is 0. The van der Waals surface area contributed by atoms with Crippen LogP contribution in [0.5, 0.6) is 0 Å². The van der Waals surface area contributed by atoms with Crippen LogP contribution in [0.1, 0.15) is 94.1 Å². The highest BCUT2D eigenvalue weighted by Gasteiger charge is 2.44. The van der Waals surface area contributed by atoms with E-state index in [9.17, 15) is 9.59 Å². The first-order valence-corrected chi connectivity index (χ1v) is 12.6. The predicted octanol–water partition coefficient (Wildman–Crippen LogP) is 4.85. The van der Waals surface area contributed by atoms with E-state index in [2.05, 4.69) is 9.88 Å². The SMILES string of the molecule is CCOC(=O)c1nc2ccccc2n([C@@H]2C[C@H]3CC[C@@H](C2)N3C2CCCCCCC2)c1=O. The van der Waals surface area contributed by atoms with Crippen LogP contribution in [-0.4, -0.2) is 45.2 Å². The van der Waals surface area contributed by atoms with E-state index in [0.717, 1.165) is 18.4 Å². The summed E-state index contributed by atoms with van der Waals surface area (Å²) in [6.45, 7) is 1.98. The molecule has 2 bridgehead atoms. The molecule has 0 unspecified atom stereocenters. The van der Waals surface area contributed by atoms with Crippen molar-refractivity contribution in [3.8, 4) is 0 Å². The molecule has 0 amide bonds. The highest BCUT2D eigenvalue weighted by atomic mass is 16.5. The summed E-state index contributed by atoms with van der Waals surface area (Å²) in [5.74, 6) is -0.619. The number of rotatable bonds is 4. The number of hydrogen-bond donors (Lipinski definition) is 0. The highest BCUT2D eigenvalue weighted by molar-refractivity contribution is 5.89. The Bertz CT molecular complexity index is 1010. The zero-order valence-electron chi connectivity index (χ0n) is 19.2. The van der Waals surface area contributed by atoms with Gasteiger partial charge in [-0.1, -0.05) is 44.2 Å². The van der Waals surface area contributed by atoms with Crippen molar-refractivity contribution in [1.82, 2.24) is 14.5 Å². The van der Waals surface area contributed by atoms with Crippen molar-refractivity contribution in [2.24, 2.45) is 0 Å². The summed E-state index contributed by atoms with van der Waals surface area (Å²) in [6.07, 6.45) is 13.9. The van der Waals surface area contributed by atoms with Crippen LogP contribution in [-0.2, 0) is 4.74 Å². The minimum atomic E-state index is -0.619. The van der Waals surface area contributed by atoms with Crippen LogP contribution in [0.3, 0.4) is 0 Å². The molecule has 3 aliphatic rings. The topological polar surface area (TPSA) is 64.4 Å². The lowest BCUT2D eigenvalue weighted by atomic mass is 9.89. The average Bonchev–Trinajstić information content (AvgIpc) is 3.02. The molecule has 6 heteroatoms. The van der Waals surface area contributed by atoms with Gasteiger partial charge in [-0.2, -0.15) is 0 Å². The monoisotopic (exact) mass is 437 g/mol. The lowest BCUT2D eigenvalue weighted by Crippen LogP contribution is -2.50. The Morgan fingerprint density at radius 2 is 1.59 bits per heavy atom. The quantitative estimate of drug-likeness (QED) is 0.640. The molecular formula is C26H35N3O3. The van der Waals surface area contributed by atoms with Gasteiger partial charge in [0, 0.05) is 24.2 Å². The Hall–Kier alpha value is -2.21. The van der Waals surface area contributed by atoms with Crippen LogP contribution in [0.15, 0.2) is 29.1 Å². The average molecular weight is 438 g/mol. The van der Waals surface area contributed by atoms with Crippen LogP contribution in [0.25, 0.3) is 11.0 Å². The Labute approximate surface area is 190 Å². The maximum absolute atomic E-state index is 13.5. The van der Waals surface area contributed by atoms with Gasteiger partial charge in [0.25, 0.3) is 5.56 Å². The maximum atomic E-state index is 13.5. The van der Waals surface area contributed by atoms with Gasteiger partial charge in [0.05, 0.1) is 17.6 Å². The molecule has 2 aromatic rings. The zero-order chi connectivity index (χ0) is 22.1. The lowest BCUT2D eigenvalue weighted by molar-refractivity contribution is 0.0483. The van der Waals surface area contributed by atoms with E-state index in [1.54, 1.807) is 6.92 Å². The number of hydrogen-bond acceptors (Lipinski definition) is 5. The standard InChI is InChI=1S/C26H35N3O3/c1-2-32-26(31)24-25(30)29(23-13-9-8-12-22(23)27-24)21-16-19-14-15-20(17-21)28(19)18-10-6-4-3-5-7-11-18/h8-9,12-13,18-21H,2-7,10-11,14-17H2,1H3/t19-,20+,21-. The number of carbonyl (C=O) groups excluding carboxylic acids is 1. The third-order valence-corrected chi connectivity index (χ3v) is 7.89. The number of nitrogens with zero attached hydrogens (tertiary/aromatic N) is 3. The molecule has 0 N–H and O–H groups in total. The normalized spacial score (nSPS) is 27.2. The Morgan fingerprint density at radius 3 is 2.28 bits per heavy atom. The van der Waals surface area contributed by atoms with Gasteiger partial charge in [0.1, 0.15) is 0 Å². The van der Waals surface area contributed by atoms with E-state index in [0.29, 0.717) is 23.6 Å². The zero-order valence-corrected chi connectivity index (χ0v) is 19.2. The van der Waals surface area contributed by atoms with Gasteiger partial charge >= 0.3 is 5.97 Å². The molecule has 2 aliphatic heterocycles. The fraction of sp³-hybridized carbons (Fsp3) is 0.654. The fourth-order valence-electron chi connectivity index (χ4n) is 6.57. The molecule has 1 aromatic carbocycles. The van der Waals surface area contributed by atoms with Crippen LogP contribution in [0.2, 0.25) is 0 Å². The summed E-state index contributed by atoms with van der Waals surface area (Å²) in [6, 6.07) is 9.57. The Balaban J connectivity index is 1.47. The fourth-order valence-corrected chi connectivity index (χ4v) is 6.57. The van der Waals surface area contributed by atoms with Crippen LogP contribution in [0, 0.1) is 0 Å². The van der Waals surface area contributed by atoms with Crippen molar-refractivity contribution in [2.75, 3.05) is 6.61 Å². The minimum absolute atomic E-state index is 0.0830. The number of para-hydroxylation sites is 2. The second-order valence-electron chi connectivity index (χ2n) is 9.80. The van der Waals surface area contributed by atoms with Gasteiger partial charge in [0.15, 0.2) is 0 Å². The van der Waals surface area contributed by atoms with Crippen molar-refractivity contribution in [3.05, 3.63) is 40.3 Å². The minimum Gasteiger partial charge on any atom is -0.461 e. The van der Waals surface area contributed by atoms with Crippen molar-refractivity contribution in [2.45, 2.75) is 102 Å². The number of esters is 1. The second-order valence-corrected chi connectivity index (χ2v) is 9.80. The van der Waals surface area contributed by atoms with E-state index in [1.165, 1.54) is 57.8 Å². The molecule has 6 nitrogen and oxygen atoms in total. The van der Waals surface area contributed by atoms with E-state index in [-0.39, 0.29) is 23.9 Å². The van der Waals surface area contributed by atoms with Gasteiger partial charge in [-0.25, -0.2) is 9.78 Å². The van der Waals surface area contributed by atoms with E-state index in [4.69, 9.17) is 4.74 Å². The number of aromatic nitrogens is 2. The molecule has 2 saturated heterocycles. The number of fused-ring (bicyclic) bond motifs is 3. The third kappa shape index (κ3) is 3.98. The maximum Gasteiger partial charge on any atom is 0.362 e. The molecule has 3 fully saturated rings. The molecule has 3 heterocycles. The van der Waals surface area contributed by atoms with Gasteiger partial charge in [-0.15, -0.1) is 0 Å². The first kappa shape index (κ1) is 21.6. The molecule has 0 spiro atoms. The molecule has 1 saturated carbocycles. The van der Waals surface area contributed by atoms with Crippen LogP contribution >= 0.6 is 0 Å². The van der Waals surface area contributed by atoms with Crippen molar-refractivity contribution >= 4 is 17.0 Å². The smallest absolute Gasteiger partial charge is 0.362 e. The number of carbonyl (C=O) groups is 1. The van der Waals surface area contributed by atoms with E-state index < -0.39 is 5.97 Å². The molecule has 5 rings (SSSR count). The highest BCUT2D eigenvalue weighted by Crippen LogP contribution is 2.44. The van der Waals surface area contributed by atoms with Crippen LogP contribution in [0.4, 0.5) is 0 Å². The number of benzene rings is 1. The first-order valence-electron chi connectivity index (χ1n) is 12.6. The van der Waals surface area contributed by atoms with Gasteiger partial charge in [-0.3, -0.25) is 9.69 Å². The lowest BCUT2D eigenvalue weighted by Gasteiger charge is -2.45. The Morgan fingerprint density at radius 1 is 0.938 bits per heavy atom. The van der Waals surface area contributed by atoms with E-state index >= 15 is 0 Å². The largest absolute Gasteiger partial charge is 0.461 e. The van der Waals surface area contributed by atoms with Crippen molar-refractivity contribution < 1.29 is 9.53 Å².